The molecule has 2 aromatic rings. The summed E-state index contributed by atoms with van der Waals surface area (Å²) >= 11 is 0. The number of rotatable bonds is 2. The van der Waals surface area contributed by atoms with E-state index in [2.05, 4.69) is 0 Å². The van der Waals surface area contributed by atoms with Crippen LogP contribution in [0.15, 0.2) is 16.5 Å². The number of hydrogen-bond donors (Lipinski definition) is 0. The van der Waals surface area contributed by atoms with Crippen LogP contribution in [0.1, 0.15) is 92.1 Å². The quantitative estimate of drug-likeness (QED) is 0.619. The molecule has 1 saturated carbocycles. The third-order valence-electron chi connectivity index (χ3n) is 6.89. The number of likely N-dealkylation sites (N-methyl/N-ethyl adjacent to an activating group) is 1. The van der Waals surface area contributed by atoms with Gasteiger partial charge in [-0.2, -0.15) is 0 Å². The molecular weight excluding hydrogens is 428 g/mol. The third-order valence-corrected chi connectivity index (χ3v) is 6.89. The Morgan fingerprint density at radius 3 is 2.48 bits per heavy atom. The molecule has 1 aliphatic carbocycles. The minimum atomic E-state index is -2.64. The molecule has 0 atom stereocenters. The molecule has 0 aromatic carbocycles. The van der Waals surface area contributed by atoms with Crippen LogP contribution in [0.5, 0.6) is 0 Å². The van der Waals surface area contributed by atoms with Crippen molar-refractivity contribution < 1.29 is 26.9 Å². The van der Waals surface area contributed by atoms with Gasteiger partial charge in [-0.05, 0) is 38.2 Å². The monoisotopic (exact) mass is 464 g/mol. The van der Waals surface area contributed by atoms with Crippen LogP contribution in [0.3, 0.4) is 0 Å². The molecule has 2 amide bonds. The Morgan fingerprint density at radius 1 is 1.21 bits per heavy atom. The van der Waals surface area contributed by atoms with Gasteiger partial charge in [0.25, 0.3) is 5.91 Å². The summed E-state index contributed by atoms with van der Waals surface area (Å²) in [5.74, 6) is -3.94. The Bertz CT molecular complexity index is 1190. The van der Waals surface area contributed by atoms with E-state index in [1.54, 1.807) is 0 Å². The van der Waals surface area contributed by atoms with Crippen molar-refractivity contribution in [1.29, 1.82) is 0 Å². The van der Waals surface area contributed by atoms with Crippen molar-refractivity contribution in [2.24, 2.45) is 0 Å². The number of carbonyl (C=O) groups excluding carboxylic acids is 2. The predicted octanol–water partition coefficient (Wildman–Crippen LogP) is 5.11. The molecule has 33 heavy (non-hydrogen) atoms. The molecule has 180 valence electrons. The molecule has 3 heterocycles. The lowest BCUT2D eigenvalue weighted by atomic mass is 9.81. The molecule has 8 heteroatoms. The maximum Gasteiger partial charge on any atom is 0.290 e. The summed E-state index contributed by atoms with van der Waals surface area (Å²) < 4.78 is 56.3. The highest BCUT2D eigenvalue weighted by Crippen LogP contribution is 2.42. The topological polar surface area (TPSA) is 66.7 Å². The van der Waals surface area contributed by atoms with E-state index in [1.807, 2.05) is 26.8 Å². The summed E-state index contributed by atoms with van der Waals surface area (Å²) in [5, 5.41) is 0. The van der Waals surface area contributed by atoms with Gasteiger partial charge in [0.2, 0.25) is 11.8 Å². The fraction of sp³-hybridized carbons (Fsp3) is 0.640. The molecule has 6 nitrogen and oxygen atoms in total. The van der Waals surface area contributed by atoms with E-state index in [0.717, 1.165) is 10.5 Å². The Morgan fingerprint density at radius 2 is 1.88 bits per heavy atom. The zero-order valence-corrected chi connectivity index (χ0v) is 19.8. The van der Waals surface area contributed by atoms with Gasteiger partial charge in [0, 0.05) is 60.3 Å². The second-order valence-corrected chi connectivity index (χ2v) is 10.8. The first-order valence-corrected chi connectivity index (χ1v) is 11.4. The normalized spacial score (nSPS) is 23.4. The molecular formula is C25H33F2N3O3. The Labute approximate surface area is 197 Å². The van der Waals surface area contributed by atoms with Gasteiger partial charge in [-0.15, -0.1) is 0 Å². The molecule has 0 spiro atoms. The van der Waals surface area contributed by atoms with Crippen LogP contribution in [0.2, 0.25) is 0 Å². The largest absolute Gasteiger partial charge is 0.449 e. The second-order valence-electron chi connectivity index (χ2n) is 10.8. The number of alkyl halides is 2. The van der Waals surface area contributed by atoms with Crippen LogP contribution in [0, 0.1) is 0 Å². The number of aromatic nitrogens is 1. The zero-order valence-electron chi connectivity index (χ0n) is 22.8. The molecule has 0 unspecified atom stereocenters. The highest BCUT2D eigenvalue weighted by Gasteiger charge is 2.44. The lowest BCUT2D eigenvalue weighted by Gasteiger charge is -2.44. The van der Waals surface area contributed by atoms with Crippen LogP contribution in [-0.4, -0.2) is 58.1 Å². The number of furan rings is 1. The van der Waals surface area contributed by atoms with Gasteiger partial charge in [-0.25, -0.2) is 13.8 Å². The zero-order chi connectivity index (χ0) is 26.8. The first-order valence-electron chi connectivity index (χ1n) is 12.9. The van der Waals surface area contributed by atoms with Gasteiger partial charge in [0.1, 0.15) is 11.1 Å². The summed E-state index contributed by atoms with van der Waals surface area (Å²) in [6, 6.07) is 3.43. The lowest BCUT2D eigenvalue weighted by Crippen LogP contribution is -2.63. The number of nitrogens with zero attached hydrogens (tertiary/aromatic N) is 3. The Balaban J connectivity index is 1.70. The molecule has 2 aromatic heterocycles. The van der Waals surface area contributed by atoms with Crippen molar-refractivity contribution in [2.45, 2.75) is 83.1 Å². The lowest BCUT2D eigenvalue weighted by molar-refractivity contribution is -0.144. The summed E-state index contributed by atoms with van der Waals surface area (Å²) in [4.78, 5) is 33.3. The number of fused-ring (bicyclic) bond motifs is 1. The molecule has 4 rings (SSSR count). The minimum Gasteiger partial charge on any atom is -0.449 e. The number of pyridine rings is 1. The number of hydrogen-bond acceptors (Lipinski definition) is 4. The first-order chi connectivity index (χ1) is 16.4. The smallest absolute Gasteiger partial charge is 0.290 e. The van der Waals surface area contributed by atoms with Crippen LogP contribution in [0.25, 0.3) is 11.1 Å². The fourth-order valence-electron chi connectivity index (χ4n) is 4.76. The van der Waals surface area contributed by atoms with Crippen LogP contribution >= 0.6 is 0 Å². The van der Waals surface area contributed by atoms with Crippen molar-refractivity contribution >= 4 is 22.9 Å². The molecule has 0 radical (unpaired) electrons. The molecule has 2 aliphatic rings. The number of piperazine rings is 1. The summed E-state index contributed by atoms with van der Waals surface area (Å²) in [6.45, 7) is 6.36. The SMILES string of the molecule is [2H]C([2H])([2H])N1CCN(C(=O)c2cc3nc(C4CCC(F)(F)CC4)cc(C(C)(C)C)c3o2)C(C)(C)C1=O. The van der Waals surface area contributed by atoms with Crippen molar-refractivity contribution in [3.63, 3.8) is 0 Å². The molecule has 0 N–H and O–H groups in total. The van der Waals surface area contributed by atoms with Crippen molar-refractivity contribution in [1.82, 2.24) is 14.8 Å². The third kappa shape index (κ3) is 4.24. The molecule has 0 bridgehead atoms. The van der Waals surface area contributed by atoms with Crippen molar-refractivity contribution in [2.75, 3.05) is 20.1 Å². The van der Waals surface area contributed by atoms with E-state index >= 15 is 0 Å². The summed E-state index contributed by atoms with van der Waals surface area (Å²) in [6.07, 6.45) is 0.316. The summed E-state index contributed by atoms with van der Waals surface area (Å²) in [7, 11) is 0. The average Bonchev–Trinajstić information content (AvgIpc) is 3.17. The van der Waals surface area contributed by atoms with Crippen LogP contribution in [-0.2, 0) is 10.2 Å². The average molecular weight is 465 g/mol. The van der Waals surface area contributed by atoms with Crippen molar-refractivity contribution in [3.05, 3.63) is 29.2 Å². The Kier molecular flexibility index (Phi) is 4.69. The maximum absolute atomic E-state index is 13.7. The molecule has 2 fully saturated rings. The maximum atomic E-state index is 13.7. The fourth-order valence-corrected chi connectivity index (χ4v) is 4.76. The van der Waals surface area contributed by atoms with Gasteiger partial charge in [0.05, 0.1) is 0 Å². The predicted molar refractivity (Wildman–Crippen MR) is 122 cm³/mol. The van der Waals surface area contributed by atoms with Gasteiger partial charge < -0.3 is 14.2 Å². The minimum absolute atomic E-state index is 0.00136. The number of amides is 2. The molecule has 1 aliphatic heterocycles. The van der Waals surface area contributed by atoms with Gasteiger partial charge >= 0.3 is 0 Å². The van der Waals surface area contributed by atoms with Gasteiger partial charge in [-0.1, -0.05) is 20.8 Å². The summed E-state index contributed by atoms with van der Waals surface area (Å²) in [5.41, 5.74) is 0.685. The van der Waals surface area contributed by atoms with E-state index < -0.39 is 30.3 Å². The highest BCUT2D eigenvalue weighted by molar-refractivity contribution is 6.00. The van der Waals surface area contributed by atoms with Crippen LogP contribution in [0.4, 0.5) is 8.78 Å². The van der Waals surface area contributed by atoms with E-state index in [0.29, 0.717) is 29.6 Å². The van der Waals surface area contributed by atoms with Gasteiger partial charge in [0.15, 0.2) is 11.3 Å². The number of carbonyl (C=O) groups is 2. The van der Waals surface area contributed by atoms with Crippen molar-refractivity contribution in [3.8, 4) is 0 Å². The standard InChI is InChI=1S/C25H33F2N3O3/c1-23(2,3)16-13-17(15-7-9-25(26,27)10-8-15)28-18-14-19(33-20(16)18)21(31)30-12-11-29(6)22(32)24(30,4)5/h13-15H,7-12H2,1-6H3/i6D3. The van der Waals surface area contributed by atoms with Gasteiger partial charge in [-0.3, -0.25) is 9.59 Å². The highest BCUT2D eigenvalue weighted by atomic mass is 19.3. The van der Waals surface area contributed by atoms with E-state index in [1.165, 1.54) is 24.8 Å². The number of halogens is 2. The second kappa shape index (κ2) is 7.77. The molecule has 1 saturated heterocycles. The van der Waals surface area contributed by atoms with E-state index in [4.69, 9.17) is 13.5 Å². The van der Waals surface area contributed by atoms with Crippen LogP contribution < -0.4 is 0 Å². The van der Waals surface area contributed by atoms with E-state index in [-0.39, 0.29) is 43.0 Å². The van der Waals surface area contributed by atoms with E-state index in [9.17, 15) is 18.4 Å². The Hall–Kier alpha value is -2.51. The first kappa shape index (κ1) is 19.9.